The van der Waals surface area contributed by atoms with E-state index in [9.17, 15) is 9.18 Å². The number of halogens is 3. The molecule has 3 aromatic rings. The van der Waals surface area contributed by atoms with E-state index in [1.165, 1.54) is 6.07 Å². The van der Waals surface area contributed by atoms with Crippen LogP contribution in [0.2, 0.25) is 10.0 Å². The van der Waals surface area contributed by atoms with E-state index in [1.807, 2.05) is 4.57 Å². The molecule has 1 atom stereocenters. The molecule has 9 heteroatoms. The van der Waals surface area contributed by atoms with Gasteiger partial charge in [0.2, 0.25) is 5.91 Å². The predicted octanol–water partition coefficient (Wildman–Crippen LogP) is 4.08. The Labute approximate surface area is 196 Å². The predicted molar refractivity (Wildman–Crippen MR) is 124 cm³/mol. The van der Waals surface area contributed by atoms with Crippen LogP contribution in [-0.4, -0.2) is 59.8 Å². The molecule has 2 heterocycles. The van der Waals surface area contributed by atoms with Gasteiger partial charge < -0.3 is 14.6 Å². The lowest BCUT2D eigenvalue weighted by Gasteiger charge is -2.26. The Morgan fingerprint density at radius 2 is 1.94 bits per heavy atom. The van der Waals surface area contributed by atoms with E-state index in [-0.39, 0.29) is 18.1 Å². The molecule has 1 aromatic heterocycles. The summed E-state index contributed by atoms with van der Waals surface area (Å²) in [5.74, 6) is 0.113. The number of benzene rings is 2. The molecule has 0 saturated carbocycles. The smallest absolute Gasteiger partial charge is 0.242 e. The number of fused-ring (bicyclic) bond motifs is 1. The van der Waals surface area contributed by atoms with Gasteiger partial charge in [-0.25, -0.2) is 9.37 Å². The number of nitrogens with one attached hydrogen (secondary N) is 1. The number of ether oxygens (including phenoxy) is 1. The average molecular weight is 479 g/mol. The van der Waals surface area contributed by atoms with Crippen LogP contribution in [0.3, 0.4) is 0 Å². The second-order valence-corrected chi connectivity index (χ2v) is 8.66. The second-order valence-electron chi connectivity index (χ2n) is 7.84. The molecule has 170 valence electrons. The molecule has 1 N–H and O–H groups in total. The number of carbonyl (C=O) groups is 1. The van der Waals surface area contributed by atoms with Gasteiger partial charge in [-0.1, -0.05) is 41.4 Å². The van der Waals surface area contributed by atoms with Crippen molar-refractivity contribution < 1.29 is 13.9 Å². The van der Waals surface area contributed by atoms with Crippen molar-refractivity contribution in [3.05, 3.63) is 63.6 Å². The molecule has 0 radical (unpaired) electrons. The number of rotatable bonds is 7. The molecule has 32 heavy (non-hydrogen) atoms. The first kappa shape index (κ1) is 23.0. The van der Waals surface area contributed by atoms with E-state index < -0.39 is 6.04 Å². The van der Waals surface area contributed by atoms with Crippen LogP contribution < -0.4 is 5.32 Å². The number of carbonyl (C=O) groups excluding carboxylic acids is 1. The third-order valence-electron chi connectivity index (χ3n) is 5.71. The number of imidazole rings is 1. The zero-order valence-corrected chi connectivity index (χ0v) is 19.3. The average Bonchev–Trinajstić information content (AvgIpc) is 3.12. The minimum atomic E-state index is -0.566. The zero-order valence-electron chi connectivity index (χ0n) is 17.8. The van der Waals surface area contributed by atoms with Crippen molar-refractivity contribution in [1.82, 2.24) is 19.8 Å². The summed E-state index contributed by atoms with van der Waals surface area (Å²) in [6, 6.07) is 9.36. The summed E-state index contributed by atoms with van der Waals surface area (Å²) in [5, 5.41) is 3.76. The first-order chi connectivity index (χ1) is 15.4. The molecule has 4 rings (SSSR count). The molecule has 0 bridgehead atoms. The largest absolute Gasteiger partial charge is 0.379 e. The van der Waals surface area contributed by atoms with Gasteiger partial charge in [0, 0.05) is 32.6 Å². The van der Waals surface area contributed by atoms with Gasteiger partial charge in [0.05, 0.1) is 34.3 Å². The first-order valence-electron chi connectivity index (χ1n) is 10.6. The number of hydrogen-bond donors (Lipinski definition) is 1. The lowest BCUT2D eigenvalue weighted by molar-refractivity contribution is -0.123. The van der Waals surface area contributed by atoms with E-state index in [4.69, 9.17) is 27.9 Å². The highest BCUT2D eigenvalue weighted by Crippen LogP contribution is 2.31. The van der Waals surface area contributed by atoms with Crippen LogP contribution in [0.15, 0.2) is 36.4 Å². The third kappa shape index (κ3) is 5.07. The van der Waals surface area contributed by atoms with Crippen LogP contribution in [0.1, 0.15) is 24.4 Å². The molecule has 1 amide bonds. The van der Waals surface area contributed by atoms with Gasteiger partial charge in [-0.2, -0.15) is 0 Å². The van der Waals surface area contributed by atoms with Gasteiger partial charge in [-0.3, -0.25) is 9.69 Å². The van der Waals surface area contributed by atoms with Crippen molar-refractivity contribution in [2.75, 3.05) is 39.4 Å². The van der Waals surface area contributed by atoms with Gasteiger partial charge in [0.15, 0.2) is 0 Å². The zero-order chi connectivity index (χ0) is 22.7. The highest BCUT2D eigenvalue weighted by Gasteiger charge is 2.23. The first-order valence-corrected chi connectivity index (χ1v) is 11.4. The van der Waals surface area contributed by atoms with Crippen molar-refractivity contribution in [2.45, 2.75) is 19.4 Å². The van der Waals surface area contributed by atoms with Crippen molar-refractivity contribution in [3.8, 4) is 0 Å². The fourth-order valence-corrected chi connectivity index (χ4v) is 4.25. The molecule has 0 aliphatic carbocycles. The number of aromatic nitrogens is 2. The summed E-state index contributed by atoms with van der Waals surface area (Å²) >= 11 is 12.4. The molecule has 1 fully saturated rings. The summed E-state index contributed by atoms with van der Waals surface area (Å²) in [7, 11) is 0. The minimum absolute atomic E-state index is 0.140. The lowest BCUT2D eigenvalue weighted by atomic mass is 10.1. The number of nitrogens with zero attached hydrogens (tertiary/aromatic N) is 3. The topological polar surface area (TPSA) is 59.4 Å². The van der Waals surface area contributed by atoms with Gasteiger partial charge in [-0.05, 0) is 30.7 Å². The SMILES string of the molecule is C[C@H](C(=O)NCCN1CCOCC1)n1c(Cc2ccccc2F)nc2cc(Cl)c(Cl)cc21. The quantitative estimate of drug-likeness (QED) is 0.555. The molecule has 1 saturated heterocycles. The minimum Gasteiger partial charge on any atom is -0.379 e. The van der Waals surface area contributed by atoms with Crippen LogP contribution in [0.25, 0.3) is 11.0 Å². The van der Waals surface area contributed by atoms with Crippen molar-refractivity contribution in [3.63, 3.8) is 0 Å². The maximum Gasteiger partial charge on any atom is 0.242 e. The van der Waals surface area contributed by atoms with Crippen molar-refractivity contribution in [2.24, 2.45) is 0 Å². The van der Waals surface area contributed by atoms with Crippen molar-refractivity contribution >= 4 is 40.1 Å². The maximum atomic E-state index is 14.3. The fourth-order valence-electron chi connectivity index (χ4n) is 3.94. The molecule has 0 unspecified atom stereocenters. The van der Waals surface area contributed by atoms with Crippen LogP contribution >= 0.6 is 23.2 Å². The molecule has 6 nitrogen and oxygen atoms in total. The lowest BCUT2D eigenvalue weighted by Crippen LogP contribution is -2.42. The normalized spacial score (nSPS) is 15.8. The highest BCUT2D eigenvalue weighted by atomic mass is 35.5. The molecule has 1 aliphatic heterocycles. The van der Waals surface area contributed by atoms with Crippen LogP contribution in [0.4, 0.5) is 4.39 Å². The van der Waals surface area contributed by atoms with E-state index in [1.54, 1.807) is 37.3 Å². The summed E-state index contributed by atoms with van der Waals surface area (Å²) in [5.41, 5.74) is 1.79. The van der Waals surface area contributed by atoms with Gasteiger partial charge in [0.1, 0.15) is 17.7 Å². The Morgan fingerprint density at radius 3 is 2.69 bits per heavy atom. The van der Waals surface area contributed by atoms with Crippen molar-refractivity contribution in [1.29, 1.82) is 0 Å². The summed E-state index contributed by atoms with van der Waals surface area (Å²) in [6.07, 6.45) is 0.238. The molecular weight excluding hydrogens is 454 g/mol. The van der Waals surface area contributed by atoms with Gasteiger partial charge >= 0.3 is 0 Å². The summed E-state index contributed by atoms with van der Waals surface area (Å²) in [4.78, 5) is 19.9. The monoisotopic (exact) mass is 478 g/mol. The van der Waals surface area contributed by atoms with Crippen LogP contribution in [-0.2, 0) is 16.0 Å². The summed E-state index contributed by atoms with van der Waals surface area (Å²) in [6.45, 7) is 6.26. The summed E-state index contributed by atoms with van der Waals surface area (Å²) < 4.78 is 21.5. The standard InChI is InChI=1S/C23H25Cl2FN4O2/c1-15(23(31)27-6-7-29-8-10-32-11-9-29)30-21-14-18(25)17(24)13-20(21)28-22(30)12-16-4-2-3-5-19(16)26/h2-5,13-15H,6-12H2,1H3,(H,27,31)/t15-/m1/s1. The molecular formula is C23H25Cl2FN4O2. The number of amides is 1. The van der Waals surface area contributed by atoms with Crippen LogP contribution in [0, 0.1) is 5.82 Å². The Kier molecular flexibility index (Phi) is 7.30. The van der Waals surface area contributed by atoms with Gasteiger partial charge in [0.25, 0.3) is 0 Å². The molecule has 1 aliphatic rings. The van der Waals surface area contributed by atoms with E-state index >= 15 is 0 Å². The Bertz CT molecular complexity index is 1110. The fraction of sp³-hybridized carbons (Fsp3) is 0.391. The molecule has 2 aromatic carbocycles. The molecule has 0 spiro atoms. The number of hydrogen-bond acceptors (Lipinski definition) is 4. The highest BCUT2D eigenvalue weighted by molar-refractivity contribution is 6.42. The van der Waals surface area contributed by atoms with E-state index in [2.05, 4.69) is 15.2 Å². The third-order valence-corrected chi connectivity index (χ3v) is 6.43. The van der Waals surface area contributed by atoms with E-state index in [0.717, 1.165) is 19.6 Å². The Morgan fingerprint density at radius 1 is 1.22 bits per heavy atom. The Hall–Kier alpha value is -2.19. The van der Waals surface area contributed by atoms with Gasteiger partial charge in [-0.15, -0.1) is 0 Å². The Balaban J connectivity index is 1.59. The van der Waals surface area contributed by atoms with E-state index in [0.29, 0.717) is 52.2 Å². The maximum absolute atomic E-state index is 14.3. The second kappa shape index (κ2) is 10.2. The van der Waals surface area contributed by atoms with Crippen LogP contribution in [0.5, 0.6) is 0 Å². The number of morpholine rings is 1.